The predicted octanol–water partition coefficient (Wildman–Crippen LogP) is 0.494. The van der Waals surface area contributed by atoms with Gasteiger partial charge in [0, 0.05) is 25.2 Å². The summed E-state index contributed by atoms with van der Waals surface area (Å²) >= 11 is 0. The highest BCUT2D eigenvalue weighted by Gasteiger charge is 2.22. The topological polar surface area (TPSA) is 80.7 Å². The van der Waals surface area contributed by atoms with Crippen LogP contribution in [0.5, 0.6) is 0 Å². The molecule has 18 heavy (non-hydrogen) atoms. The van der Waals surface area contributed by atoms with Crippen molar-refractivity contribution in [2.75, 3.05) is 19.7 Å². The monoisotopic (exact) mass is 253 g/mol. The predicted molar refractivity (Wildman–Crippen MR) is 65.7 cm³/mol. The van der Waals surface area contributed by atoms with Gasteiger partial charge in [-0.15, -0.1) is 0 Å². The van der Waals surface area contributed by atoms with E-state index in [9.17, 15) is 4.79 Å². The number of morpholine rings is 1. The molecule has 3 N–H and O–H groups in total. The lowest BCUT2D eigenvalue weighted by Crippen LogP contribution is -2.42. The van der Waals surface area contributed by atoms with Crippen LogP contribution >= 0.6 is 0 Å². The van der Waals surface area contributed by atoms with Crippen molar-refractivity contribution in [2.24, 2.45) is 5.84 Å². The molecule has 1 amide bonds. The van der Waals surface area contributed by atoms with Gasteiger partial charge in [-0.05, 0) is 12.5 Å². The highest BCUT2D eigenvalue weighted by molar-refractivity contribution is 5.92. The van der Waals surface area contributed by atoms with Gasteiger partial charge in [-0.25, -0.2) is 5.84 Å². The number of rotatable bonds is 4. The van der Waals surface area contributed by atoms with Gasteiger partial charge in [0.25, 0.3) is 0 Å². The molecule has 0 spiro atoms. The maximum atomic E-state index is 11.5. The summed E-state index contributed by atoms with van der Waals surface area (Å²) in [6, 6.07) is 1.81. The SMILES string of the molecule is CCC1CN(Cc2ccoc2C(=O)NN)CCO1. The Balaban J connectivity index is 2.00. The van der Waals surface area contributed by atoms with E-state index in [0.29, 0.717) is 6.54 Å². The van der Waals surface area contributed by atoms with Crippen LogP contribution in [0.3, 0.4) is 0 Å². The second kappa shape index (κ2) is 5.99. The summed E-state index contributed by atoms with van der Waals surface area (Å²) < 4.78 is 10.8. The van der Waals surface area contributed by atoms with Gasteiger partial charge in [0.2, 0.25) is 0 Å². The Labute approximate surface area is 106 Å². The summed E-state index contributed by atoms with van der Waals surface area (Å²) in [7, 11) is 0. The van der Waals surface area contributed by atoms with E-state index in [1.807, 2.05) is 0 Å². The molecular formula is C12H19N3O3. The van der Waals surface area contributed by atoms with E-state index < -0.39 is 5.91 Å². The van der Waals surface area contributed by atoms with Crippen LogP contribution in [0, 0.1) is 0 Å². The lowest BCUT2D eigenvalue weighted by molar-refractivity contribution is -0.0325. The third-order valence-corrected chi connectivity index (χ3v) is 3.16. The maximum Gasteiger partial charge on any atom is 0.301 e. The van der Waals surface area contributed by atoms with Crippen LogP contribution < -0.4 is 11.3 Å². The lowest BCUT2D eigenvalue weighted by atomic mass is 10.2. The number of carbonyl (C=O) groups is 1. The number of furan rings is 1. The number of nitrogen functional groups attached to an aromatic ring is 1. The number of nitrogens with two attached hydrogens (primary N) is 1. The van der Waals surface area contributed by atoms with Gasteiger partial charge in [-0.3, -0.25) is 15.1 Å². The Morgan fingerprint density at radius 3 is 3.22 bits per heavy atom. The second-order valence-corrected chi connectivity index (χ2v) is 4.38. The summed E-state index contributed by atoms with van der Waals surface area (Å²) in [6.07, 6.45) is 2.79. The first kappa shape index (κ1) is 13.1. The average molecular weight is 253 g/mol. The third kappa shape index (κ3) is 2.90. The normalized spacial score (nSPS) is 20.9. The fourth-order valence-corrected chi connectivity index (χ4v) is 2.14. The van der Waals surface area contributed by atoms with Gasteiger partial charge < -0.3 is 9.15 Å². The van der Waals surface area contributed by atoms with Gasteiger partial charge in [-0.2, -0.15) is 0 Å². The zero-order valence-corrected chi connectivity index (χ0v) is 10.5. The molecule has 1 aromatic rings. The summed E-state index contributed by atoms with van der Waals surface area (Å²) in [6.45, 7) is 5.27. The molecule has 1 unspecified atom stereocenters. The molecular weight excluding hydrogens is 234 g/mol. The van der Waals surface area contributed by atoms with E-state index in [-0.39, 0.29) is 11.9 Å². The van der Waals surface area contributed by atoms with Crippen molar-refractivity contribution in [3.63, 3.8) is 0 Å². The van der Waals surface area contributed by atoms with Crippen LogP contribution in [0.1, 0.15) is 29.5 Å². The first-order chi connectivity index (χ1) is 8.74. The van der Waals surface area contributed by atoms with Gasteiger partial charge in [0.05, 0.1) is 19.0 Å². The molecule has 6 heteroatoms. The largest absolute Gasteiger partial charge is 0.459 e. The minimum Gasteiger partial charge on any atom is -0.459 e. The molecule has 0 bridgehead atoms. The van der Waals surface area contributed by atoms with Gasteiger partial charge in [0.1, 0.15) is 0 Å². The second-order valence-electron chi connectivity index (χ2n) is 4.38. The molecule has 1 fully saturated rings. The number of carbonyl (C=O) groups excluding carboxylic acids is 1. The standard InChI is InChI=1S/C12H19N3O3/c1-2-10-8-15(4-6-17-10)7-9-3-5-18-11(9)12(16)14-13/h3,5,10H,2,4,6-8,13H2,1H3,(H,14,16). The highest BCUT2D eigenvalue weighted by Crippen LogP contribution is 2.16. The Hall–Kier alpha value is -1.37. The van der Waals surface area contributed by atoms with Crippen LogP contribution in [0.25, 0.3) is 0 Å². The lowest BCUT2D eigenvalue weighted by Gasteiger charge is -2.32. The van der Waals surface area contributed by atoms with E-state index >= 15 is 0 Å². The quantitative estimate of drug-likeness (QED) is 0.464. The molecule has 100 valence electrons. The van der Waals surface area contributed by atoms with E-state index in [1.165, 1.54) is 6.26 Å². The molecule has 1 aliphatic rings. The van der Waals surface area contributed by atoms with Crippen molar-refractivity contribution in [1.29, 1.82) is 0 Å². The Kier molecular flexibility index (Phi) is 4.35. The maximum absolute atomic E-state index is 11.5. The van der Waals surface area contributed by atoms with Crippen molar-refractivity contribution in [1.82, 2.24) is 10.3 Å². The molecule has 2 heterocycles. The fourth-order valence-electron chi connectivity index (χ4n) is 2.14. The van der Waals surface area contributed by atoms with Crippen LogP contribution in [0.4, 0.5) is 0 Å². The molecule has 1 atom stereocenters. The van der Waals surface area contributed by atoms with Crippen molar-refractivity contribution >= 4 is 5.91 Å². The fraction of sp³-hybridized carbons (Fsp3) is 0.583. The van der Waals surface area contributed by atoms with Crippen molar-refractivity contribution in [3.05, 3.63) is 23.7 Å². The number of hydrazine groups is 1. The van der Waals surface area contributed by atoms with E-state index in [2.05, 4.69) is 17.2 Å². The van der Waals surface area contributed by atoms with Crippen LogP contribution in [-0.4, -0.2) is 36.6 Å². The first-order valence-corrected chi connectivity index (χ1v) is 6.15. The molecule has 6 nitrogen and oxygen atoms in total. The van der Waals surface area contributed by atoms with Gasteiger partial charge >= 0.3 is 5.91 Å². The van der Waals surface area contributed by atoms with Gasteiger partial charge in [-0.1, -0.05) is 6.92 Å². The molecule has 0 saturated carbocycles. The number of ether oxygens (including phenoxy) is 1. The molecule has 1 aliphatic heterocycles. The van der Waals surface area contributed by atoms with Gasteiger partial charge in [0.15, 0.2) is 5.76 Å². The van der Waals surface area contributed by atoms with Crippen molar-refractivity contribution in [3.8, 4) is 0 Å². The third-order valence-electron chi connectivity index (χ3n) is 3.16. The number of nitrogens with zero attached hydrogens (tertiary/aromatic N) is 1. The number of nitrogens with one attached hydrogen (secondary N) is 1. The highest BCUT2D eigenvalue weighted by atomic mass is 16.5. The minimum absolute atomic E-state index is 0.275. The van der Waals surface area contributed by atoms with E-state index in [4.69, 9.17) is 15.0 Å². The summed E-state index contributed by atoms with van der Waals surface area (Å²) in [5.74, 6) is 5.01. The zero-order valence-electron chi connectivity index (χ0n) is 10.5. The Bertz CT molecular complexity index is 405. The minimum atomic E-state index is -0.393. The molecule has 0 radical (unpaired) electrons. The summed E-state index contributed by atoms with van der Waals surface area (Å²) in [5.41, 5.74) is 2.95. The zero-order chi connectivity index (χ0) is 13.0. The van der Waals surface area contributed by atoms with Crippen molar-refractivity contribution in [2.45, 2.75) is 26.0 Å². The molecule has 0 aliphatic carbocycles. The van der Waals surface area contributed by atoms with Crippen LogP contribution in [0.2, 0.25) is 0 Å². The Morgan fingerprint density at radius 1 is 1.67 bits per heavy atom. The van der Waals surface area contributed by atoms with Crippen LogP contribution in [-0.2, 0) is 11.3 Å². The Morgan fingerprint density at radius 2 is 2.50 bits per heavy atom. The number of hydrogen-bond acceptors (Lipinski definition) is 5. The molecule has 0 aromatic carbocycles. The van der Waals surface area contributed by atoms with E-state index in [0.717, 1.165) is 31.7 Å². The first-order valence-electron chi connectivity index (χ1n) is 6.15. The molecule has 1 saturated heterocycles. The average Bonchev–Trinajstić information content (AvgIpc) is 2.86. The van der Waals surface area contributed by atoms with E-state index in [1.54, 1.807) is 6.07 Å². The molecule has 1 aromatic heterocycles. The summed E-state index contributed by atoms with van der Waals surface area (Å²) in [5, 5.41) is 0. The smallest absolute Gasteiger partial charge is 0.301 e. The van der Waals surface area contributed by atoms with Crippen molar-refractivity contribution < 1.29 is 13.9 Å². The number of hydrogen-bond donors (Lipinski definition) is 2. The molecule has 2 rings (SSSR count). The van der Waals surface area contributed by atoms with Crippen LogP contribution in [0.15, 0.2) is 16.7 Å². The summed E-state index contributed by atoms with van der Waals surface area (Å²) in [4.78, 5) is 13.7. The number of amides is 1.